The van der Waals surface area contributed by atoms with Crippen molar-refractivity contribution in [2.75, 3.05) is 17.9 Å². The third-order valence-corrected chi connectivity index (χ3v) is 8.62. The number of hydrogen-bond acceptors (Lipinski definition) is 4. The smallest absolute Gasteiger partial charge is 0.264 e. The lowest BCUT2D eigenvalue weighted by molar-refractivity contribution is -0.140. The van der Waals surface area contributed by atoms with Crippen molar-refractivity contribution in [3.63, 3.8) is 0 Å². The standard InChI is InChI=1S/C26H26BrCl2N3O4S/c1-3-24(26(34)30-2)31(16-18-9-12-20(28)15-23(18)29)25(33)17-32(21-13-10-19(27)11-14-21)37(35,36)22-7-5-4-6-8-22/h4-15,24H,3,16-17H2,1-2H3,(H,30,34). The molecule has 0 aromatic heterocycles. The molecule has 1 unspecified atom stereocenters. The Morgan fingerprint density at radius 1 is 1.00 bits per heavy atom. The molecule has 11 heteroatoms. The van der Waals surface area contributed by atoms with Crippen LogP contribution in [0.1, 0.15) is 18.9 Å². The molecule has 0 radical (unpaired) electrons. The number of hydrogen-bond donors (Lipinski definition) is 1. The Morgan fingerprint density at radius 2 is 1.65 bits per heavy atom. The summed E-state index contributed by atoms with van der Waals surface area (Å²) < 4.78 is 29.2. The Kier molecular flexibility index (Phi) is 10.0. The molecular weight excluding hydrogens is 601 g/mol. The second-order valence-corrected chi connectivity index (χ2v) is 11.7. The van der Waals surface area contributed by atoms with Crippen molar-refractivity contribution in [2.24, 2.45) is 0 Å². The Hall–Kier alpha value is -2.59. The highest BCUT2D eigenvalue weighted by Crippen LogP contribution is 2.27. The summed E-state index contributed by atoms with van der Waals surface area (Å²) >= 11 is 15.8. The van der Waals surface area contributed by atoms with Gasteiger partial charge in [0.05, 0.1) is 10.6 Å². The molecule has 0 saturated heterocycles. The van der Waals surface area contributed by atoms with Crippen molar-refractivity contribution in [1.29, 1.82) is 0 Å². The van der Waals surface area contributed by atoms with Gasteiger partial charge in [-0.15, -0.1) is 0 Å². The lowest BCUT2D eigenvalue weighted by Crippen LogP contribution is -2.51. The van der Waals surface area contributed by atoms with Crippen LogP contribution in [0.15, 0.2) is 82.2 Å². The number of benzene rings is 3. The molecule has 3 rings (SSSR count). The van der Waals surface area contributed by atoms with Gasteiger partial charge in [0.15, 0.2) is 0 Å². The van der Waals surface area contributed by atoms with Crippen LogP contribution in [0.4, 0.5) is 5.69 Å². The number of nitrogens with zero attached hydrogens (tertiary/aromatic N) is 2. The average Bonchev–Trinajstić information content (AvgIpc) is 2.89. The van der Waals surface area contributed by atoms with Crippen LogP contribution in [0.2, 0.25) is 10.0 Å². The van der Waals surface area contributed by atoms with E-state index in [0.717, 1.165) is 8.78 Å². The summed E-state index contributed by atoms with van der Waals surface area (Å²) in [6, 6.07) is 18.5. The molecule has 37 heavy (non-hydrogen) atoms. The number of nitrogens with one attached hydrogen (secondary N) is 1. The van der Waals surface area contributed by atoms with Gasteiger partial charge in [0.1, 0.15) is 12.6 Å². The van der Waals surface area contributed by atoms with E-state index in [1.165, 1.54) is 24.1 Å². The largest absolute Gasteiger partial charge is 0.357 e. The van der Waals surface area contributed by atoms with Gasteiger partial charge in [-0.3, -0.25) is 13.9 Å². The van der Waals surface area contributed by atoms with Gasteiger partial charge in [0, 0.05) is 28.1 Å². The first-order valence-electron chi connectivity index (χ1n) is 11.4. The number of carbonyl (C=O) groups is 2. The van der Waals surface area contributed by atoms with Gasteiger partial charge in [-0.25, -0.2) is 8.42 Å². The minimum atomic E-state index is -4.11. The highest BCUT2D eigenvalue weighted by molar-refractivity contribution is 9.10. The summed E-state index contributed by atoms with van der Waals surface area (Å²) in [5.41, 5.74) is 0.876. The molecular formula is C26H26BrCl2N3O4S. The van der Waals surface area contributed by atoms with Crippen molar-refractivity contribution < 1.29 is 18.0 Å². The maximum absolute atomic E-state index is 13.8. The normalized spacial score (nSPS) is 12.0. The summed E-state index contributed by atoms with van der Waals surface area (Å²) in [6.07, 6.45) is 0.306. The number of amides is 2. The van der Waals surface area contributed by atoms with Crippen molar-refractivity contribution in [2.45, 2.75) is 30.8 Å². The first-order valence-corrected chi connectivity index (χ1v) is 14.4. The van der Waals surface area contributed by atoms with Crippen molar-refractivity contribution in [1.82, 2.24) is 10.2 Å². The first-order chi connectivity index (χ1) is 17.6. The minimum Gasteiger partial charge on any atom is -0.357 e. The summed E-state index contributed by atoms with van der Waals surface area (Å²) in [5, 5.41) is 3.35. The Morgan fingerprint density at radius 3 is 2.22 bits per heavy atom. The highest BCUT2D eigenvalue weighted by Gasteiger charge is 2.33. The molecule has 7 nitrogen and oxygen atoms in total. The number of rotatable bonds is 10. The van der Waals surface area contributed by atoms with E-state index in [-0.39, 0.29) is 17.3 Å². The van der Waals surface area contributed by atoms with Crippen LogP contribution in [0.3, 0.4) is 0 Å². The minimum absolute atomic E-state index is 0.0136. The SMILES string of the molecule is CCC(C(=O)NC)N(Cc1ccc(Cl)cc1Cl)C(=O)CN(c1ccc(Br)cc1)S(=O)(=O)c1ccccc1. The molecule has 0 bridgehead atoms. The van der Waals surface area contributed by atoms with E-state index in [1.807, 2.05) is 0 Å². The van der Waals surface area contributed by atoms with Crippen LogP contribution in [0.5, 0.6) is 0 Å². The molecule has 3 aromatic rings. The maximum atomic E-state index is 13.8. The molecule has 3 aromatic carbocycles. The van der Waals surface area contributed by atoms with Crippen LogP contribution in [-0.4, -0.2) is 44.8 Å². The zero-order chi connectivity index (χ0) is 27.2. The number of carbonyl (C=O) groups excluding carboxylic acids is 2. The molecule has 196 valence electrons. The second-order valence-electron chi connectivity index (χ2n) is 8.10. The van der Waals surface area contributed by atoms with E-state index in [2.05, 4.69) is 21.2 Å². The Labute approximate surface area is 235 Å². The predicted octanol–water partition coefficient (Wildman–Crippen LogP) is 5.50. The molecule has 0 spiro atoms. The summed E-state index contributed by atoms with van der Waals surface area (Å²) in [5.74, 6) is -0.939. The van der Waals surface area contributed by atoms with E-state index >= 15 is 0 Å². The second kappa shape index (κ2) is 12.8. The molecule has 0 heterocycles. The Bertz CT molecular complexity index is 1360. The van der Waals surface area contributed by atoms with Crippen LogP contribution in [0.25, 0.3) is 0 Å². The van der Waals surface area contributed by atoms with Crippen molar-refractivity contribution in [3.05, 3.63) is 92.9 Å². The molecule has 2 amide bonds. The van der Waals surface area contributed by atoms with Crippen LogP contribution >= 0.6 is 39.1 Å². The number of halogens is 3. The van der Waals surface area contributed by atoms with Crippen molar-refractivity contribution >= 4 is 66.7 Å². The fourth-order valence-corrected chi connectivity index (χ4v) is 5.94. The van der Waals surface area contributed by atoms with Gasteiger partial charge >= 0.3 is 0 Å². The number of anilines is 1. The van der Waals surface area contributed by atoms with Crippen LogP contribution < -0.4 is 9.62 Å². The number of likely N-dealkylation sites (N-methyl/N-ethyl adjacent to an activating group) is 1. The predicted molar refractivity (Wildman–Crippen MR) is 150 cm³/mol. The summed E-state index contributed by atoms with van der Waals surface area (Å²) in [6.45, 7) is 1.23. The fourth-order valence-electron chi connectivity index (χ4n) is 3.78. The molecule has 0 aliphatic heterocycles. The third kappa shape index (κ3) is 7.04. The maximum Gasteiger partial charge on any atom is 0.264 e. The van der Waals surface area contributed by atoms with Gasteiger partial charge in [-0.05, 0) is 60.5 Å². The van der Waals surface area contributed by atoms with E-state index in [4.69, 9.17) is 23.2 Å². The molecule has 0 fully saturated rings. The number of sulfonamides is 1. The highest BCUT2D eigenvalue weighted by atomic mass is 79.9. The van der Waals surface area contributed by atoms with E-state index in [1.54, 1.807) is 67.6 Å². The average molecular weight is 627 g/mol. The van der Waals surface area contributed by atoms with Gasteiger partial charge in [-0.2, -0.15) is 0 Å². The van der Waals surface area contributed by atoms with E-state index < -0.39 is 28.5 Å². The van der Waals surface area contributed by atoms with Gasteiger partial charge in [0.2, 0.25) is 11.8 Å². The lowest BCUT2D eigenvalue weighted by Gasteiger charge is -2.33. The first kappa shape index (κ1) is 29.0. The van der Waals surface area contributed by atoms with Crippen LogP contribution in [0, 0.1) is 0 Å². The molecule has 1 atom stereocenters. The van der Waals surface area contributed by atoms with Crippen molar-refractivity contribution in [3.8, 4) is 0 Å². The van der Waals surface area contributed by atoms with E-state index in [0.29, 0.717) is 27.7 Å². The van der Waals surface area contributed by atoms with Gasteiger partial charge in [0.25, 0.3) is 10.0 Å². The monoisotopic (exact) mass is 625 g/mol. The lowest BCUT2D eigenvalue weighted by atomic mass is 10.1. The third-order valence-electron chi connectivity index (χ3n) is 5.71. The van der Waals surface area contributed by atoms with E-state index in [9.17, 15) is 18.0 Å². The zero-order valence-corrected chi connectivity index (χ0v) is 24.1. The van der Waals surface area contributed by atoms with Gasteiger partial charge < -0.3 is 10.2 Å². The molecule has 0 saturated carbocycles. The molecule has 0 aliphatic carbocycles. The molecule has 0 aliphatic rings. The fraction of sp³-hybridized carbons (Fsp3) is 0.231. The quantitative estimate of drug-likeness (QED) is 0.322. The summed E-state index contributed by atoms with van der Waals surface area (Å²) in [7, 11) is -2.63. The van der Waals surface area contributed by atoms with Gasteiger partial charge in [-0.1, -0.05) is 70.3 Å². The zero-order valence-electron chi connectivity index (χ0n) is 20.2. The Balaban J connectivity index is 2.06. The van der Waals surface area contributed by atoms with Crippen LogP contribution in [-0.2, 0) is 26.2 Å². The topological polar surface area (TPSA) is 86.8 Å². The molecule has 1 N–H and O–H groups in total. The summed E-state index contributed by atoms with van der Waals surface area (Å²) in [4.78, 5) is 28.0.